The average Bonchev–Trinajstić information content (AvgIpc) is 3.27. The maximum absolute atomic E-state index is 12.7. The summed E-state index contributed by atoms with van der Waals surface area (Å²) in [6, 6.07) is 11.6. The van der Waals surface area contributed by atoms with E-state index in [0.717, 1.165) is 37.8 Å². The minimum Gasteiger partial charge on any atom is -0.361 e. The summed E-state index contributed by atoms with van der Waals surface area (Å²) in [6.07, 6.45) is 1.09. The molecule has 0 aliphatic carbocycles. The van der Waals surface area contributed by atoms with Crippen molar-refractivity contribution in [2.24, 2.45) is 0 Å². The van der Waals surface area contributed by atoms with Crippen LogP contribution in [-0.2, 0) is 15.6 Å². The highest BCUT2D eigenvalue weighted by atomic mass is 32.2. The molecule has 0 fully saturated rings. The molecule has 1 N–H and O–H groups in total. The monoisotopic (exact) mass is 473 g/mol. The molecule has 0 aliphatic heterocycles. The molecule has 0 saturated carbocycles. The van der Waals surface area contributed by atoms with Gasteiger partial charge in [0.2, 0.25) is 0 Å². The standard InChI is InChI=1S/C21H19N3O4S3/c1-12-16(13(2)28-24-12)11-29-21-23-17-9-8-14(10-18(17)30-21)22-20(25)15-6-4-5-7-19(15)31(3,26)27/h4-10H,11H2,1-3H3,(H,22,25). The molecule has 10 heteroatoms. The number of anilines is 1. The minimum atomic E-state index is -3.52. The van der Waals surface area contributed by atoms with Gasteiger partial charge < -0.3 is 9.84 Å². The van der Waals surface area contributed by atoms with E-state index < -0.39 is 15.7 Å². The Morgan fingerprint density at radius 2 is 1.97 bits per heavy atom. The van der Waals surface area contributed by atoms with E-state index in [1.165, 1.54) is 23.5 Å². The molecule has 0 atom stereocenters. The van der Waals surface area contributed by atoms with Crippen LogP contribution in [0.2, 0.25) is 0 Å². The lowest BCUT2D eigenvalue weighted by molar-refractivity contribution is 0.102. The number of thioether (sulfide) groups is 1. The van der Waals surface area contributed by atoms with Crippen molar-refractivity contribution in [3.63, 3.8) is 0 Å². The third kappa shape index (κ3) is 4.65. The fraction of sp³-hybridized carbons (Fsp3) is 0.190. The van der Waals surface area contributed by atoms with Gasteiger partial charge in [0.15, 0.2) is 14.2 Å². The second-order valence-electron chi connectivity index (χ2n) is 6.98. The third-order valence-corrected chi connectivity index (χ3v) is 8.02. The first kappa shape index (κ1) is 21.5. The lowest BCUT2D eigenvalue weighted by Gasteiger charge is -2.09. The van der Waals surface area contributed by atoms with Crippen LogP contribution in [0.1, 0.15) is 27.4 Å². The minimum absolute atomic E-state index is 0.00405. The van der Waals surface area contributed by atoms with Gasteiger partial charge in [-0.3, -0.25) is 4.79 Å². The van der Waals surface area contributed by atoms with Gasteiger partial charge in [0, 0.05) is 23.3 Å². The predicted molar refractivity (Wildman–Crippen MR) is 123 cm³/mol. The molecule has 0 spiro atoms. The lowest BCUT2D eigenvalue weighted by atomic mass is 10.2. The SMILES string of the molecule is Cc1noc(C)c1CSc1nc2ccc(NC(=O)c3ccccc3S(C)(=O)=O)cc2s1. The van der Waals surface area contributed by atoms with Gasteiger partial charge in [0.25, 0.3) is 5.91 Å². The Kier molecular flexibility index (Phi) is 5.87. The second kappa shape index (κ2) is 8.45. The predicted octanol–water partition coefficient (Wildman–Crippen LogP) is 4.85. The van der Waals surface area contributed by atoms with Crippen molar-refractivity contribution in [3.05, 3.63) is 65.0 Å². The van der Waals surface area contributed by atoms with Gasteiger partial charge in [-0.15, -0.1) is 11.3 Å². The van der Waals surface area contributed by atoms with E-state index in [-0.39, 0.29) is 10.5 Å². The average molecular weight is 474 g/mol. The number of benzene rings is 2. The summed E-state index contributed by atoms with van der Waals surface area (Å²) in [5, 5.41) is 6.76. The highest BCUT2D eigenvalue weighted by Gasteiger charge is 2.18. The number of nitrogens with one attached hydrogen (secondary N) is 1. The van der Waals surface area contributed by atoms with Crippen LogP contribution in [0.15, 0.2) is 56.2 Å². The van der Waals surface area contributed by atoms with Gasteiger partial charge in [0.1, 0.15) is 5.76 Å². The molecule has 1 amide bonds. The summed E-state index contributed by atoms with van der Waals surface area (Å²) in [6.45, 7) is 3.81. The molecule has 0 saturated heterocycles. The topological polar surface area (TPSA) is 102 Å². The number of carbonyl (C=O) groups is 1. The molecule has 4 aromatic rings. The van der Waals surface area contributed by atoms with E-state index in [9.17, 15) is 13.2 Å². The maximum atomic E-state index is 12.7. The molecule has 2 heterocycles. The fourth-order valence-corrected chi connectivity index (χ4v) is 6.21. The summed E-state index contributed by atoms with van der Waals surface area (Å²) < 4.78 is 31.0. The van der Waals surface area contributed by atoms with Crippen molar-refractivity contribution in [3.8, 4) is 0 Å². The summed E-state index contributed by atoms with van der Waals surface area (Å²) in [4.78, 5) is 17.4. The van der Waals surface area contributed by atoms with E-state index >= 15 is 0 Å². The maximum Gasteiger partial charge on any atom is 0.256 e. The van der Waals surface area contributed by atoms with Crippen LogP contribution in [-0.4, -0.2) is 30.7 Å². The van der Waals surface area contributed by atoms with Crippen molar-refractivity contribution in [2.75, 3.05) is 11.6 Å². The van der Waals surface area contributed by atoms with Gasteiger partial charge in [-0.2, -0.15) is 0 Å². The number of hydrogen-bond acceptors (Lipinski definition) is 8. The van der Waals surface area contributed by atoms with E-state index in [1.54, 1.807) is 30.0 Å². The van der Waals surface area contributed by atoms with Gasteiger partial charge in [-0.05, 0) is 44.2 Å². The zero-order valence-corrected chi connectivity index (χ0v) is 19.5. The normalized spacial score (nSPS) is 11.7. The van der Waals surface area contributed by atoms with E-state index in [4.69, 9.17) is 4.52 Å². The second-order valence-corrected chi connectivity index (χ2v) is 11.2. The van der Waals surface area contributed by atoms with E-state index in [2.05, 4.69) is 15.5 Å². The number of hydrogen-bond donors (Lipinski definition) is 1. The third-order valence-electron chi connectivity index (χ3n) is 4.68. The van der Waals surface area contributed by atoms with Crippen LogP contribution in [0.5, 0.6) is 0 Å². The smallest absolute Gasteiger partial charge is 0.256 e. The molecule has 4 rings (SSSR count). The molecule has 0 aliphatic rings. The van der Waals surface area contributed by atoms with Crippen molar-refractivity contribution < 1.29 is 17.7 Å². The van der Waals surface area contributed by atoms with Crippen LogP contribution in [0.3, 0.4) is 0 Å². The highest BCUT2D eigenvalue weighted by Crippen LogP contribution is 2.34. The Labute approximate surface area is 187 Å². The molecule has 31 heavy (non-hydrogen) atoms. The molecule has 2 aromatic carbocycles. The number of thiazole rings is 1. The Bertz CT molecular complexity index is 1370. The first-order valence-electron chi connectivity index (χ1n) is 9.28. The Balaban J connectivity index is 1.53. The van der Waals surface area contributed by atoms with E-state index in [0.29, 0.717) is 11.4 Å². The summed E-state index contributed by atoms with van der Waals surface area (Å²) in [7, 11) is -3.52. The molecule has 2 aromatic heterocycles. The number of fused-ring (bicyclic) bond motifs is 1. The summed E-state index contributed by atoms with van der Waals surface area (Å²) in [5.74, 6) is 1.05. The van der Waals surface area contributed by atoms with Crippen LogP contribution < -0.4 is 5.32 Å². The van der Waals surface area contributed by atoms with Crippen molar-refractivity contribution in [1.29, 1.82) is 0 Å². The zero-order valence-electron chi connectivity index (χ0n) is 17.0. The largest absolute Gasteiger partial charge is 0.361 e. The Hall–Kier alpha value is -2.69. The molecule has 160 valence electrons. The van der Waals surface area contributed by atoms with Gasteiger partial charge in [-0.1, -0.05) is 29.1 Å². The number of amides is 1. The summed E-state index contributed by atoms with van der Waals surface area (Å²) >= 11 is 3.14. The number of sulfone groups is 1. The first-order valence-corrected chi connectivity index (χ1v) is 13.0. The molecule has 0 radical (unpaired) electrons. The number of nitrogens with zero attached hydrogens (tertiary/aromatic N) is 2. The molecular formula is C21H19N3O4S3. The molecule has 0 unspecified atom stereocenters. The molecule has 7 nitrogen and oxygen atoms in total. The summed E-state index contributed by atoms with van der Waals surface area (Å²) in [5.41, 5.74) is 3.48. The van der Waals surface area contributed by atoms with Crippen molar-refractivity contribution in [1.82, 2.24) is 10.1 Å². The van der Waals surface area contributed by atoms with Crippen LogP contribution >= 0.6 is 23.1 Å². The van der Waals surface area contributed by atoms with Gasteiger partial charge >= 0.3 is 0 Å². The van der Waals surface area contributed by atoms with Crippen molar-refractivity contribution in [2.45, 2.75) is 28.8 Å². The van der Waals surface area contributed by atoms with Crippen LogP contribution in [0.4, 0.5) is 5.69 Å². The Morgan fingerprint density at radius 1 is 1.19 bits per heavy atom. The highest BCUT2D eigenvalue weighted by molar-refractivity contribution is 8.00. The number of rotatable bonds is 6. The van der Waals surface area contributed by atoms with Crippen LogP contribution in [0.25, 0.3) is 10.2 Å². The van der Waals surface area contributed by atoms with E-state index in [1.807, 2.05) is 26.0 Å². The van der Waals surface area contributed by atoms with Gasteiger partial charge in [-0.25, -0.2) is 13.4 Å². The number of aryl methyl sites for hydroxylation is 2. The quantitative estimate of drug-likeness (QED) is 0.399. The zero-order chi connectivity index (χ0) is 22.2. The molecular weight excluding hydrogens is 454 g/mol. The number of carbonyl (C=O) groups excluding carboxylic acids is 1. The van der Waals surface area contributed by atoms with Crippen LogP contribution in [0, 0.1) is 13.8 Å². The molecule has 0 bridgehead atoms. The number of aromatic nitrogens is 2. The first-order chi connectivity index (χ1) is 14.7. The fourth-order valence-electron chi connectivity index (χ4n) is 3.06. The lowest BCUT2D eigenvalue weighted by Crippen LogP contribution is -2.15. The van der Waals surface area contributed by atoms with Gasteiger partial charge in [0.05, 0.1) is 26.4 Å². The Morgan fingerprint density at radius 3 is 2.68 bits per heavy atom. The van der Waals surface area contributed by atoms with Crippen molar-refractivity contribution >= 4 is 54.7 Å².